The van der Waals surface area contributed by atoms with Gasteiger partial charge in [0.15, 0.2) is 0 Å². The first kappa shape index (κ1) is 12.9. The van der Waals surface area contributed by atoms with Crippen LogP contribution in [0.2, 0.25) is 0 Å². The van der Waals surface area contributed by atoms with Crippen LogP contribution in [0.4, 0.5) is 17.1 Å². The zero-order valence-electron chi connectivity index (χ0n) is 10.1. The van der Waals surface area contributed by atoms with Gasteiger partial charge in [-0.05, 0) is 24.3 Å². The van der Waals surface area contributed by atoms with Gasteiger partial charge in [-0.25, -0.2) is 0 Å². The predicted molar refractivity (Wildman–Crippen MR) is 71.8 cm³/mol. The Morgan fingerprint density at radius 2 is 2.05 bits per heavy atom. The molecule has 0 aliphatic heterocycles. The first-order chi connectivity index (χ1) is 9.22. The van der Waals surface area contributed by atoms with Crippen molar-refractivity contribution < 1.29 is 9.34 Å². The van der Waals surface area contributed by atoms with Gasteiger partial charge in [0.05, 0.1) is 11.2 Å². The number of anilines is 2. The molecule has 7 nitrogen and oxygen atoms in total. The SMILES string of the molecule is NNc1cccc(NCCc2ccco2)c1[N+](=O)[O-]. The van der Waals surface area contributed by atoms with E-state index in [1.165, 1.54) is 0 Å². The fraction of sp³-hybridized carbons (Fsp3) is 0.167. The van der Waals surface area contributed by atoms with Crippen molar-refractivity contribution in [3.63, 3.8) is 0 Å². The van der Waals surface area contributed by atoms with E-state index in [1.807, 2.05) is 6.07 Å². The van der Waals surface area contributed by atoms with Crippen LogP contribution in [-0.2, 0) is 6.42 Å². The molecule has 1 heterocycles. The average Bonchev–Trinajstić information content (AvgIpc) is 2.91. The largest absolute Gasteiger partial charge is 0.469 e. The van der Waals surface area contributed by atoms with E-state index in [0.29, 0.717) is 18.7 Å². The van der Waals surface area contributed by atoms with Crippen molar-refractivity contribution in [2.75, 3.05) is 17.3 Å². The number of nitrogen functional groups attached to an aromatic ring is 1. The van der Waals surface area contributed by atoms with Gasteiger partial charge in [0, 0.05) is 13.0 Å². The number of rotatable bonds is 6. The molecule has 0 spiro atoms. The third-order valence-electron chi connectivity index (χ3n) is 2.64. The lowest BCUT2D eigenvalue weighted by atomic mass is 10.2. The van der Waals surface area contributed by atoms with E-state index in [0.717, 1.165) is 5.76 Å². The number of hydrogen-bond acceptors (Lipinski definition) is 6. The van der Waals surface area contributed by atoms with Crippen molar-refractivity contribution in [3.05, 3.63) is 52.5 Å². The lowest BCUT2D eigenvalue weighted by Crippen LogP contribution is -2.12. The van der Waals surface area contributed by atoms with Gasteiger partial charge in [0.2, 0.25) is 0 Å². The Labute approximate surface area is 109 Å². The molecule has 1 aromatic carbocycles. The molecule has 0 atom stereocenters. The van der Waals surface area contributed by atoms with Crippen molar-refractivity contribution in [2.24, 2.45) is 5.84 Å². The molecule has 0 amide bonds. The second-order valence-electron chi connectivity index (χ2n) is 3.86. The minimum Gasteiger partial charge on any atom is -0.469 e. The molecule has 7 heteroatoms. The standard InChI is InChI=1S/C12H14N4O3/c13-15-11-5-1-4-10(12(11)16(17)18)14-7-6-9-3-2-8-19-9/h1-5,8,14-15H,6-7,13H2. The van der Waals surface area contributed by atoms with E-state index in [4.69, 9.17) is 10.3 Å². The summed E-state index contributed by atoms with van der Waals surface area (Å²) in [5, 5.41) is 14.1. The molecule has 0 bridgehead atoms. The highest BCUT2D eigenvalue weighted by Crippen LogP contribution is 2.31. The molecule has 19 heavy (non-hydrogen) atoms. The molecule has 0 fully saturated rings. The lowest BCUT2D eigenvalue weighted by molar-refractivity contribution is -0.383. The van der Waals surface area contributed by atoms with Crippen LogP contribution in [0.5, 0.6) is 0 Å². The Morgan fingerprint density at radius 1 is 1.26 bits per heavy atom. The fourth-order valence-corrected chi connectivity index (χ4v) is 1.77. The molecule has 2 rings (SSSR count). The van der Waals surface area contributed by atoms with Crippen LogP contribution < -0.4 is 16.6 Å². The van der Waals surface area contributed by atoms with Crippen molar-refractivity contribution in [1.82, 2.24) is 0 Å². The summed E-state index contributed by atoms with van der Waals surface area (Å²) in [6.07, 6.45) is 2.24. The fourth-order valence-electron chi connectivity index (χ4n) is 1.77. The molecule has 0 saturated carbocycles. The van der Waals surface area contributed by atoms with Crippen LogP contribution in [0.1, 0.15) is 5.76 Å². The summed E-state index contributed by atoms with van der Waals surface area (Å²) in [4.78, 5) is 10.6. The maximum absolute atomic E-state index is 11.0. The van der Waals surface area contributed by atoms with Gasteiger partial charge in [-0.3, -0.25) is 16.0 Å². The van der Waals surface area contributed by atoms with E-state index >= 15 is 0 Å². The number of benzene rings is 1. The van der Waals surface area contributed by atoms with E-state index in [2.05, 4.69) is 10.7 Å². The maximum atomic E-state index is 11.0. The molecule has 0 aliphatic carbocycles. The topological polar surface area (TPSA) is 106 Å². The summed E-state index contributed by atoms with van der Waals surface area (Å²) in [6, 6.07) is 8.54. The smallest absolute Gasteiger partial charge is 0.316 e. The van der Waals surface area contributed by atoms with Gasteiger partial charge in [0.1, 0.15) is 17.1 Å². The molecule has 4 N–H and O–H groups in total. The van der Waals surface area contributed by atoms with Gasteiger partial charge in [-0.15, -0.1) is 0 Å². The number of furan rings is 1. The summed E-state index contributed by atoms with van der Waals surface area (Å²) < 4.78 is 5.19. The normalized spacial score (nSPS) is 10.2. The quantitative estimate of drug-likeness (QED) is 0.418. The number of nitro benzene ring substituents is 1. The molecule has 0 radical (unpaired) electrons. The first-order valence-electron chi connectivity index (χ1n) is 5.72. The van der Waals surface area contributed by atoms with Crippen molar-refractivity contribution >= 4 is 17.1 Å². The van der Waals surface area contributed by atoms with Gasteiger partial charge in [-0.1, -0.05) is 6.07 Å². The number of hydrazine groups is 1. The Bertz CT molecular complexity index is 554. The van der Waals surface area contributed by atoms with Crippen LogP contribution in [0.15, 0.2) is 41.0 Å². The number of nitrogens with two attached hydrogens (primary N) is 1. The number of hydrogen-bond donors (Lipinski definition) is 3. The third kappa shape index (κ3) is 3.02. The van der Waals surface area contributed by atoms with Crippen LogP contribution in [-0.4, -0.2) is 11.5 Å². The van der Waals surface area contributed by atoms with Gasteiger partial charge < -0.3 is 15.2 Å². The highest BCUT2D eigenvalue weighted by atomic mass is 16.6. The summed E-state index contributed by atoms with van der Waals surface area (Å²) >= 11 is 0. The third-order valence-corrected chi connectivity index (χ3v) is 2.64. The number of nitrogens with one attached hydrogen (secondary N) is 2. The molecule has 1 aromatic heterocycles. The van der Waals surface area contributed by atoms with Crippen molar-refractivity contribution in [3.8, 4) is 0 Å². The second-order valence-corrected chi connectivity index (χ2v) is 3.86. The summed E-state index contributed by atoms with van der Waals surface area (Å²) in [7, 11) is 0. The van der Waals surface area contributed by atoms with E-state index in [1.54, 1.807) is 30.5 Å². The number of nitro groups is 1. The molecule has 2 aromatic rings. The molecule has 0 saturated heterocycles. The van der Waals surface area contributed by atoms with E-state index in [9.17, 15) is 10.1 Å². The summed E-state index contributed by atoms with van der Waals surface area (Å²) in [6.45, 7) is 0.530. The minimum absolute atomic E-state index is 0.0653. The van der Waals surface area contributed by atoms with Crippen molar-refractivity contribution in [2.45, 2.75) is 6.42 Å². The first-order valence-corrected chi connectivity index (χ1v) is 5.72. The monoisotopic (exact) mass is 262 g/mol. The Morgan fingerprint density at radius 3 is 2.68 bits per heavy atom. The summed E-state index contributed by atoms with van der Waals surface area (Å²) in [5.74, 6) is 6.09. The van der Waals surface area contributed by atoms with Gasteiger partial charge in [-0.2, -0.15) is 0 Å². The number of para-hydroxylation sites is 1. The molecule has 0 unspecified atom stereocenters. The number of nitrogens with zero attached hydrogens (tertiary/aromatic N) is 1. The van der Waals surface area contributed by atoms with Crippen LogP contribution in [0.3, 0.4) is 0 Å². The lowest BCUT2D eigenvalue weighted by Gasteiger charge is -2.09. The minimum atomic E-state index is -0.468. The zero-order chi connectivity index (χ0) is 13.7. The van der Waals surface area contributed by atoms with Crippen LogP contribution in [0.25, 0.3) is 0 Å². The van der Waals surface area contributed by atoms with Gasteiger partial charge >= 0.3 is 5.69 Å². The molecular formula is C12H14N4O3. The van der Waals surface area contributed by atoms with Gasteiger partial charge in [0.25, 0.3) is 0 Å². The van der Waals surface area contributed by atoms with E-state index in [-0.39, 0.29) is 11.4 Å². The Balaban J connectivity index is 2.09. The van der Waals surface area contributed by atoms with Crippen LogP contribution in [0, 0.1) is 10.1 Å². The molecule has 0 aliphatic rings. The zero-order valence-corrected chi connectivity index (χ0v) is 10.1. The molecule has 100 valence electrons. The highest BCUT2D eigenvalue weighted by molar-refractivity contribution is 5.75. The maximum Gasteiger partial charge on any atom is 0.316 e. The highest BCUT2D eigenvalue weighted by Gasteiger charge is 2.18. The van der Waals surface area contributed by atoms with Crippen molar-refractivity contribution in [1.29, 1.82) is 0 Å². The Kier molecular flexibility index (Phi) is 3.99. The second kappa shape index (κ2) is 5.87. The summed E-state index contributed by atoms with van der Waals surface area (Å²) in [5.41, 5.74) is 2.95. The molecular weight excluding hydrogens is 248 g/mol. The Hall–Kier alpha value is -2.54. The van der Waals surface area contributed by atoms with E-state index < -0.39 is 4.92 Å². The van der Waals surface area contributed by atoms with Crippen LogP contribution >= 0.6 is 0 Å². The average molecular weight is 262 g/mol. The predicted octanol–water partition coefficient (Wildman–Crippen LogP) is 2.13.